The minimum Gasteiger partial charge on any atom is -0.440 e. The molecule has 0 radical (unpaired) electrons. The highest BCUT2D eigenvalue weighted by Crippen LogP contribution is 2.26. The standard InChI is InChI=1S/C12H11BrClNO/c1-8-12(16-11(15-8)6-7-14)9-2-4-10(13)5-3-9/h2-5H,6-7H2,1H3. The normalized spacial score (nSPS) is 10.7. The Balaban J connectivity index is 2.36. The van der Waals surface area contributed by atoms with E-state index < -0.39 is 0 Å². The maximum absolute atomic E-state index is 5.67. The number of rotatable bonds is 3. The second-order valence-corrected chi connectivity index (χ2v) is 4.76. The summed E-state index contributed by atoms with van der Waals surface area (Å²) in [5.41, 5.74) is 1.94. The van der Waals surface area contributed by atoms with Crippen LogP contribution in [0.3, 0.4) is 0 Å². The van der Waals surface area contributed by atoms with Gasteiger partial charge in [-0.15, -0.1) is 11.6 Å². The minimum absolute atomic E-state index is 0.528. The van der Waals surface area contributed by atoms with Gasteiger partial charge in [0.15, 0.2) is 11.7 Å². The zero-order valence-corrected chi connectivity index (χ0v) is 11.2. The van der Waals surface area contributed by atoms with E-state index in [1.54, 1.807) is 0 Å². The summed E-state index contributed by atoms with van der Waals surface area (Å²) < 4.78 is 6.72. The van der Waals surface area contributed by atoms with Crippen LogP contribution in [0.1, 0.15) is 11.6 Å². The summed E-state index contributed by atoms with van der Waals surface area (Å²) in [6.45, 7) is 1.94. The van der Waals surface area contributed by atoms with E-state index in [0.717, 1.165) is 21.5 Å². The van der Waals surface area contributed by atoms with Crippen LogP contribution in [0.5, 0.6) is 0 Å². The summed E-state index contributed by atoms with van der Waals surface area (Å²) in [6, 6.07) is 7.97. The van der Waals surface area contributed by atoms with Gasteiger partial charge in [0.2, 0.25) is 0 Å². The molecule has 0 aliphatic heterocycles. The fourth-order valence-corrected chi connectivity index (χ4v) is 1.94. The summed E-state index contributed by atoms with van der Waals surface area (Å²) in [6.07, 6.45) is 0.666. The van der Waals surface area contributed by atoms with Gasteiger partial charge in [0, 0.05) is 22.3 Å². The van der Waals surface area contributed by atoms with Gasteiger partial charge in [-0.3, -0.25) is 0 Å². The molecule has 1 aromatic carbocycles. The summed E-state index contributed by atoms with van der Waals surface area (Å²) in [5, 5.41) is 0. The van der Waals surface area contributed by atoms with E-state index in [1.165, 1.54) is 0 Å². The molecule has 84 valence electrons. The van der Waals surface area contributed by atoms with Gasteiger partial charge >= 0.3 is 0 Å². The maximum Gasteiger partial charge on any atom is 0.196 e. The Morgan fingerprint density at radius 3 is 2.62 bits per heavy atom. The van der Waals surface area contributed by atoms with E-state index in [2.05, 4.69) is 20.9 Å². The Kier molecular flexibility index (Phi) is 3.66. The lowest BCUT2D eigenvalue weighted by Gasteiger charge is -1.97. The average Bonchev–Trinajstić information content (AvgIpc) is 2.61. The van der Waals surface area contributed by atoms with E-state index in [4.69, 9.17) is 16.0 Å². The van der Waals surface area contributed by atoms with Crippen LogP contribution in [0.4, 0.5) is 0 Å². The monoisotopic (exact) mass is 299 g/mol. The Morgan fingerprint density at radius 1 is 1.31 bits per heavy atom. The number of hydrogen-bond donors (Lipinski definition) is 0. The van der Waals surface area contributed by atoms with Crippen LogP contribution in [0.15, 0.2) is 33.2 Å². The second-order valence-electron chi connectivity index (χ2n) is 3.47. The van der Waals surface area contributed by atoms with E-state index in [1.807, 2.05) is 31.2 Å². The van der Waals surface area contributed by atoms with Crippen molar-refractivity contribution in [3.05, 3.63) is 40.3 Å². The Morgan fingerprint density at radius 2 is 2.00 bits per heavy atom. The number of benzene rings is 1. The van der Waals surface area contributed by atoms with E-state index in [0.29, 0.717) is 18.2 Å². The van der Waals surface area contributed by atoms with Gasteiger partial charge in [0.25, 0.3) is 0 Å². The van der Waals surface area contributed by atoms with Crippen molar-refractivity contribution in [2.24, 2.45) is 0 Å². The molecule has 0 aliphatic rings. The molecule has 0 atom stereocenters. The van der Waals surface area contributed by atoms with Gasteiger partial charge in [0.1, 0.15) is 0 Å². The first-order valence-electron chi connectivity index (χ1n) is 4.99. The Labute approximate surface area is 108 Å². The third-order valence-electron chi connectivity index (χ3n) is 2.26. The van der Waals surface area contributed by atoms with Crippen molar-refractivity contribution >= 4 is 27.5 Å². The lowest BCUT2D eigenvalue weighted by molar-refractivity contribution is 0.514. The molecule has 0 saturated heterocycles. The van der Waals surface area contributed by atoms with Crippen LogP contribution in [-0.4, -0.2) is 10.9 Å². The smallest absolute Gasteiger partial charge is 0.196 e. The van der Waals surface area contributed by atoms with Crippen molar-refractivity contribution in [1.29, 1.82) is 0 Å². The molecule has 0 unspecified atom stereocenters. The van der Waals surface area contributed by atoms with Gasteiger partial charge in [-0.25, -0.2) is 4.98 Å². The lowest BCUT2D eigenvalue weighted by Crippen LogP contribution is -1.84. The SMILES string of the molecule is Cc1nc(CCCl)oc1-c1ccc(Br)cc1. The second kappa shape index (κ2) is 5.02. The first kappa shape index (κ1) is 11.7. The first-order valence-corrected chi connectivity index (χ1v) is 6.31. The summed E-state index contributed by atoms with van der Waals surface area (Å²) >= 11 is 9.06. The molecule has 2 rings (SSSR count). The predicted octanol–water partition coefficient (Wildman–Crippen LogP) is 4.19. The van der Waals surface area contributed by atoms with E-state index in [9.17, 15) is 0 Å². The fraction of sp³-hybridized carbons (Fsp3) is 0.250. The number of oxazole rings is 1. The van der Waals surface area contributed by atoms with Gasteiger partial charge < -0.3 is 4.42 Å². The molecule has 1 aromatic heterocycles. The zero-order chi connectivity index (χ0) is 11.5. The minimum atomic E-state index is 0.528. The largest absolute Gasteiger partial charge is 0.440 e. The van der Waals surface area contributed by atoms with Crippen molar-refractivity contribution in [1.82, 2.24) is 4.98 Å². The topological polar surface area (TPSA) is 26.0 Å². The third kappa shape index (κ3) is 2.47. The first-order chi connectivity index (χ1) is 7.70. The highest BCUT2D eigenvalue weighted by atomic mass is 79.9. The van der Waals surface area contributed by atoms with Crippen molar-refractivity contribution in [2.75, 3.05) is 5.88 Å². The number of hydrogen-bond acceptors (Lipinski definition) is 2. The van der Waals surface area contributed by atoms with Crippen LogP contribution in [0.2, 0.25) is 0 Å². The van der Waals surface area contributed by atoms with Crippen LogP contribution < -0.4 is 0 Å². The van der Waals surface area contributed by atoms with Crippen LogP contribution in [0.25, 0.3) is 11.3 Å². The van der Waals surface area contributed by atoms with Gasteiger partial charge in [-0.05, 0) is 19.1 Å². The Hall–Kier alpha value is -0.800. The molecule has 0 N–H and O–H groups in total. The van der Waals surface area contributed by atoms with E-state index in [-0.39, 0.29) is 0 Å². The molecular weight excluding hydrogens is 289 g/mol. The van der Waals surface area contributed by atoms with Crippen molar-refractivity contribution in [3.63, 3.8) is 0 Å². The molecule has 1 heterocycles. The van der Waals surface area contributed by atoms with Crippen LogP contribution in [0, 0.1) is 6.92 Å². The number of halogens is 2. The lowest BCUT2D eigenvalue weighted by atomic mass is 10.1. The van der Waals surface area contributed by atoms with Crippen LogP contribution in [-0.2, 0) is 6.42 Å². The molecule has 4 heteroatoms. The predicted molar refractivity (Wildman–Crippen MR) is 68.8 cm³/mol. The van der Waals surface area contributed by atoms with Crippen LogP contribution >= 0.6 is 27.5 Å². The highest BCUT2D eigenvalue weighted by molar-refractivity contribution is 9.10. The van der Waals surface area contributed by atoms with Gasteiger partial charge in [-0.1, -0.05) is 28.1 Å². The summed E-state index contributed by atoms with van der Waals surface area (Å²) in [4.78, 5) is 4.34. The Bertz CT molecular complexity index is 478. The molecule has 0 bridgehead atoms. The maximum atomic E-state index is 5.67. The number of aromatic nitrogens is 1. The third-order valence-corrected chi connectivity index (χ3v) is 2.97. The number of alkyl halides is 1. The number of nitrogens with zero attached hydrogens (tertiary/aromatic N) is 1. The number of aryl methyl sites for hydroxylation is 2. The molecule has 2 aromatic rings. The zero-order valence-electron chi connectivity index (χ0n) is 8.84. The molecule has 16 heavy (non-hydrogen) atoms. The molecule has 2 nitrogen and oxygen atoms in total. The summed E-state index contributed by atoms with van der Waals surface area (Å²) in [7, 11) is 0. The van der Waals surface area contributed by atoms with Gasteiger partial charge in [-0.2, -0.15) is 0 Å². The highest BCUT2D eigenvalue weighted by Gasteiger charge is 2.10. The van der Waals surface area contributed by atoms with Crippen molar-refractivity contribution in [3.8, 4) is 11.3 Å². The van der Waals surface area contributed by atoms with Crippen molar-refractivity contribution in [2.45, 2.75) is 13.3 Å². The quantitative estimate of drug-likeness (QED) is 0.794. The molecular formula is C12H11BrClNO. The van der Waals surface area contributed by atoms with E-state index >= 15 is 0 Å². The van der Waals surface area contributed by atoms with Gasteiger partial charge in [0.05, 0.1) is 5.69 Å². The molecule has 0 spiro atoms. The summed E-state index contributed by atoms with van der Waals surface area (Å²) in [5.74, 6) is 2.05. The fourth-order valence-electron chi connectivity index (χ4n) is 1.51. The molecule has 0 aliphatic carbocycles. The molecule has 0 saturated carbocycles. The average molecular weight is 301 g/mol. The van der Waals surface area contributed by atoms with Crippen molar-refractivity contribution < 1.29 is 4.42 Å². The molecule has 0 fully saturated rings. The molecule has 0 amide bonds.